The van der Waals surface area contributed by atoms with Gasteiger partial charge in [-0.1, -0.05) is 0 Å². The third kappa shape index (κ3) is 2.06. The maximum Gasteiger partial charge on any atom is 0.709 e. The van der Waals surface area contributed by atoms with E-state index in [2.05, 4.69) is 14.6 Å². The quantitative estimate of drug-likeness (QED) is 0.454. The summed E-state index contributed by atoms with van der Waals surface area (Å²) in [4.78, 5) is 16.6. The zero-order valence-corrected chi connectivity index (χ0v) is 5.39. The van der Waals surface area contributed by atoms with Crippen molar-refractivity contribution >= 4 is 13.3 Å². The Balaban J connectivity index is 2.57. The molecule has 1 aromatic rings. The van der Waals surface area contributed by atoms with Gasteiger partial charge in [0.2, 0.25) is 5.82 Å². The van der Waals surface area contributed by atoms with E-state index in [0.29, 0.717) is 0 Å². The number of imidazole rings is 1. The first kappa shape index (κ1) is 7.77. The molecule has 0 bridgehead atoms. The van der Waals surface area contributed by atoms with Crippen LogP contribution < -0.4 is 0 Å². The molecule has 11 heavy (non-hydrogen) atoms. The zero-order valence-electron chi connectivity index (χ0n) is 5.39. The SMILES string of the molecule is O=C(OB(O)O)c1ncc[nH]1. The normalized spacial score (nSPS) is 9.27. The van der Waals surface area contributed by atoms with E-state index in [1.54, 1.807) is 0 Å². The number of hydrogen-bond acceptors (Lipinski definition) is 5. The summed E-state index contributed by atoms with van der Waals surface area (Å²) in [5, 5.41) is 16.4. The van der Waals surface area contributed by atoms with E-state index in [1.807, 2.05) is 0 Å². The van der Waals surface area contributed by atoms with Crippen molar-refractivity contribution in [2.45, 2.75) is 0 Å². The van der Waals surface area contributed by atoms with Crippen LogP contribution in [-0.4, -0.2) is 33.3 Å². The van der Waals surface area contributed by atoms with Crippen molar-refractivity contribution in [2.24, 2.45) is 0 Å². The van der Waals surface area contributed by atoms with Gasteiger partial charge in [-0.2, -0.15) is 0 Å². The second-order valence-corrected chi connectivity index (χ2v) is 1.67. The fourth-order valence-electron chi connectivity index (χ4n) is 0.528. The highest BCUT2D eigenvalue weighted by Gasteiger charge is 2.18. The maximum absolute atomic E-state index is 10.7. The molecule has 7 heteroatoms. The van der Waals surface area contributed by atoms with Crippen LogP contribution in [0.5, 0.6) is 0 Å². The van der Waals surface area contributed by atoms with Crippen LogP contribution in [0.15, 0.2) is 12.4 Å². The minimum atomic E-state index is -2.10. The standard InChI is InChI=1S/C4H5BN2O4/c8-4(11-5(9)10)3-6-1-2-7-3/h1-2,9-10H,(H,6,7). The summed E-state index contributed by atoms with van der Waals surface area (Å²) in [5.41, 5.74) is 0. The van der Waals surface area contributed by atoms with Crippen LogP contribution in [0.2, 0.25) is 0 Å². The molecule has 0 unspecified atom stereocenters. The summed E-state index contributed by atoms with van der Waals surface area (Å²) < 4.78 is 3.97. The molecule has 0 amide bonds. The highest BCUT2D eigenvalue weighted by atomic mass is 16.6. The van der Waals surface area contributed by atoms with Crippen molar-refractivity contribution in [3.8, 4) is 0 Å². The van der Waals surface area contributed by atoms with E-state index in [0.717, 1.165) is 0 Å². The second-order valence-electron chi connectivity index (χ2n) is 1.67. The van der Waals surface area contributed by atoms with Crippen LogP contribution in [0.3, 0.4) is 0 Å². The minimum Gasteiger partial charge on any atom is -0.479 e. The Bertz CT molecular complexity index is 234. The Morgan fingerprint density at radius 1 is 1.73 bits per heavy atom. The molecule has 1 rings (SSSR count). The highest BCUT2D eigenvalue weighted by molar-refractivity contribution is 6.36. The monoisotopic (exact) mass is 156 g/mol. The first-order chi connectivity index (χ1) is 5.20. The Labute approximate surface area is 62.0 Å². The van der Waals surface area contributed by atoms with E-state index >= 15 is 0 Å². The Hall–Kier alpha value is -1.34. The maximum atomic E-state index is 10.7. The van der Waals surface area contributed by atoms with E-state index < -0.39 is 13.3 Å². The smallest absolute Gasteiger partial charge is 0.479 e. The van der Waals surface area contributed by atoms with Crippen molar-refractivity contribution in [1.29, 1.82) is 0 Å². The van der Waals surface area contributed by atoms with Gasteiger partial charge in [-0.25, -0.2) is 9.78 Å². The fourth-order valence-corrected chi connectivity index (χ4v) is 0.528. The molecule has 0 radical (unpaired) electrons. The molecule has 0 aliphatic carbocycles. The number of rotatable bonds is 2. The average Bonchev–Trinajstić information content (AvgIpc) is 2.35. The molecule has 0 fully saturated rings. The van der Waals surface area contributed by atoms with Crippen LogP contribution in [0.4, 0.5) is 0 Å². The number of aromatic nitrogens is 2. The first-order valence-electron chi connectivity index (χ1n) is 2.76. The fraction of sp³-hybridized carbons (Fsp3) is 0. The van der Waals surface area contributed by atoms with Crippen molar-refractivity contribution in [3.05, 3.63) is 18.2 Å². The predicted octanol–water partition coefficient (Wildman–Crippen LogP) is -1.46. The Morgan fingerprint density at radius 3 is 2.91 bits per heavy atom. The summed E-state index contributed by atoms with van der Waals surface area (Å²) in [6, 6.07) is 0. The minimum absolute atomic E-state index is 0.0712. The van der Waals surface area contributed by atoms with E-state index in [1.165, 1.54) is 12.4 Å². The first-order valence-corrected chi connectivity index (χ1v) is 2.76. The van der Waals surface area contributed by atoms with Gasteiger partial charge in [0.1, 0.15) is 0 Å². The third-order valence-corrected chi connectivity index (χ3v) is 0.904. The lowest BCUT2D eigenvalue weighted by molar-refractivity contribution is 0.0636. The highest BCUT2D eigenvalue weighted by Crippen LogP contribution is 1.92. The molecular formula is C4H5BN2O4. The van der Waals surface area contributed by atoms with Crippen molar-refractivity contribution in [2.75, 3.05) is 0 Å². The van der Waals surface area contributed by atoms with Crippen LogP contribution in [0, 0.1) is 0 Å². The molecular weight excluding hydrogens is 151 g/mol. The van der Waals surface area contributed by atoms with Crippen LogP contribution in [0.1, 0.15) is 10.6 Å². The van der Waals surface area contributed by atoms with Gasteiger partial charge in [0, 0.05) is 12.4 Å². The molecule has 0 saturated heterocycles. The molecule has 0 aliphatic heterocycles. The van der Waals surface area contributed by atoms with Crippen LogP contribution in [-0.2, 0) is 4.65 Å². The molecule has 0 spiro atoms. The lowest BCUT2D eigenvalue weighted by atomic mass is 10.3. The van der Waals surface area contributed by atoms with Gasteiger partial charge in [0.05, 0.1) is 0 Å². The molecule has 0 saturated carbocycles. The summed E-state index contributed by atoms with van der Waals surface area (Å²) >= 11 is 0. The molecule has 58 valence electrons. The molecule has 3 N–H and O–H groups in total. The predicted molar refractivity (Wildman–Crippen MR) is 34.2 cm³/mol. The van der Waals surface area contributed by atoms with Gasteiger partial charge >= 0.3 is 13.3 Å². The average molecular weight is 156 g/mol. The van der Waals surface area contributed by atoms with Gasteiger partial charge in [-0.15, -0.1) is 0 Å². The van der Waals surface area contributed by atoms with Gasteiger partial charge in [-0.3, -0.25) is 0 Å². The number of nitrogens with zero attached hydrogens (tertiary/aromatic N) is 1. The second kappa shape index (κ2) is 3.17. The number of nitrogens with one attached hydrogen (secondary N) is 1. The van der Waals surface area contributed by atoms with Gasteiger partial charge in [0.25, 0.3) is 0 Å². The number of H-pyrrole nitrogens is 1. The topological polar surface area (TPSA) is 95.4 Å². The van der Waals surface area contributed by atoms with Crippen molar-refractivity contribution < 1.29 is 19.5 Å². The van der Waals surface area contributed by atoms with Crippen LogP contribution >= 0.6 is 0 Å². The van der Waals surface area contributed by atoms with Gasteiger partial charge in [-0.05, 0) is 0 Å². The molecule has 6 nitrogen and oxygen atoms in total. The molecule has 0 aliphatic rings. The van der Waals surface area contributed by atoms with E-state index in [9.17, 15) is 4.79 Å². The molecule has 0 aromatic carbocycles. The summed E-state index contributed by atoms with van der Waals surface area (Å²) in [6.07, 6.45) is 2.76. The van der Waals surface area contributed by atoms with E-state index in [-0.39, 0.29) is 5.82 Å². The van der Waals surface area contributed by atoms with Gasteiger partial charge in [0.15, 0.2) is 0 Å². The molecule has 1 aromatic heterocycles. The summed E-state index contributed by atoms with van der Waals surface area (Å²) in [5.74, 6) is -0.983. The van der Waals surface area contributed by atoms with Crippen LogP contribution in [0.25, 0.3) is 0 Å². The van der Waals surface area contributed by atoms with Crippen molar-refractivity contribution in [3.63, 3.8) is 0 Å². The van der Waals surface area contributed by atoms with Crippen molar-refractivity contribution in [1.82, 2.24) is 9.97 Å². The Kier molecular flexibility index (Phi) is 2.24. The number of carbonyl (C=O) groups excluding carboxylic acids is 1. The third-order valence-electron chi connectivity index (χ3n) is 0.904. The lowest BCUT2D eigenvalue weighted by Crippen LogP contribution is -2.22. The Morgan fingerprint density at radius 2 is 2.45 bits per heavy atom. The molecule has 0 atom stereocenters. The zero-order chi connectivity index (χ0) is 8.27. The number of carbonyl (C=O) groups is 1. The summed E-state index contributed by atoms with van der Waals surface area (Å²) in [7, 11) is -2.10. The summed E-state index contributed by atoms with van der Waals surface area (Å²) in [6.45, 7) is 0. The molecule has 1 heterocycles. The number of hydrogen-bond donors (Lipinski definition) is 3. The number of aromatic amines is 1. The lowest BCUT2D eigenvalue weighted by Gasteiger charge is -1.97. The van der Waals surface area contributed by atoms with Gasteiger partial charge < -0.3 is 19.7 Å². The largest absolute Gasteiger partial charge is 0.709 e. The van der Waals surface area contributed by atoms with E-state index in [4.69, 9.17) is 10.0 Å².